The zero-order valence-corrected chi connectivity index (χ0v) is 25.6. The standard InChI is InChI=1S/C30H38ClN3O5S2/c31-26-10-8-24(19-32)23(17-26)9-11-28(35)27-7-4-12-34(27)30(37)25(18-29(36)33-13-15-40-16-14-33)21-41(38,39)20-22-5-2-1-3-6-22/h1-3,5-6,8,10,17,25,27H,4,7,9,11-16,18-21,32H2/t25-,27-/m0/s1. The van der Waals surface area contributed by atoms with Crippen LogP contribution in [-0.2, 0) is 42.9 Å². The highest BCUT2D eigenvalue weighted by Gasteiger charge is 2.39. The molecule has 8 nitrogen and oxygen atoms in total. The molecule has 222 valence electrons. The molecule has 0 spiro atoms. The fourth-order valence-corrected chi connectivity index (χ4v) is 8.40. The van der Waals surface area contributed by atoms with Gasteiger partial charge < -0.3 is 15.5 Å². The van der Waals surface area contributed by atoms with Gasteiger partial charge in [0.15, 0.2) is 15.6 Å². The van der Waals surface area contributed by atoms with Crippen LogP contribution in [0.3, 0.4) is 0 Å². The van der Waals surface area contributed by atoms with Gasteiger partial charge in [0.25, 0.3) is 0 Å². The summed E-state index contributed by atoms with van der Waals surface area (Å²) in [4.78, 5) is 43.7. The van der Waals surface area contributed by atoms with Crippen LogP contribution in [0, 0.1) is 5.92 Å². The first-order valence-electron chi connectivity index (χ1n) is 14.1. The molecule has 2 amide bonds. The highest BCUT2D eigenvalue weighted by Crippen LogP contribution is 2.26. The number of sulfone groups is 1. The average molecular weight is 620 g/mol. The van der Waals surface area contributed by atoms with E-state index >= 15 is 0 Å². The molecular formula is C30H38ClN3O5S2. The first kappa shape index (κ1) is 31.5. The average Bonchev–Trinajstić information content (AvgIpc) is 3.46. The third-order valence-electron chi connectivity index (χ3n) is 7.76. The number of aryl methyl sites for hydroxylation is 1. The monoisotopic (exact) mass is 619 g/mol. The molecule has 2 aromatic rings. The number of thioether (sulfide) groups is 1. The van der Waals surface area contributed by atoms with Gasteiger partial charge >= 0.3 is 0 Å². The molecule has 0 aromatic heterocycles. The number of carbonyl (C=O) groups excluding carboxylic acids is 3. The van der Waals surface area contributed by atoms with E-state index in [9.17, 15) is 22.8 Å². The van der Waals surface area contributed by atoms with Gasteiger partial charge in [0.05, 0.1) is 23.5 Å². The number of ketones is 1. The van der Waals surface area contributed by atoms with Crippen molar-refractivity contribution in [3.8, 4) is 0 Å². The molecule has 0 unspecified atom stereocenters. The number of halogens is 1. The van der Waals surface area contributed by atoms with Crippen molar-refractivity contribution in [3.63, 3.8) is 0 Å². The number of likely N-dealkylation sites (tertiary alicyclic amines) is 1. The third-order valence-corrected chi connectivity index (χ3v) is 10.6. The Balaban J connectivity index is 1.49. The highest BCUT2D eigenvalue weighted by atomic mass is 35.5. The summed E-state index contributed by atoms with van der Waals surface area (Å²) in [5.74, 6) is -0.777. The lowest BCUT2D eigenvalue weighted by Crippen LogP contribution is -2.47. The topological polar surface area (TPSA) is 118 Å². The molecule has 11 heteroatoms. The van der Waals surface area contributed by atoms with E-state index < -0.39 is 33.5 Å². The Morgan fingerprint density at radius 1 is 1.02 bits per heavy atom. The van der Waals surface area contributed by atoms with Gasteiger partial charge in [0.2, 0.25) is 11.8 Å². The molecule has 2 aliphatic heterocycles. The van der Waals surface area contributed by atoms with Crippen molar-refractivity contribution in [1.82, 2.24) is 9.80 Å². The van der Waals surface area contributed by atoms with Crippen molar-refractivity contribution in [3.05, 3.63) is 70.2 Å². The molecule has 2 aliphatic rings. The Bertz CT molecular complexity index is 1330. The first-order valence-corrected chi connectivity index (χ1v) is 17.4. The molecule has 2 saturated heterocycles. The largest absolute Gasteiger partial charge is 0.341 e. The number of benzene rings is 2. The van der Waals surface area contributed by atoms with Crippen LogP contribution in [0.15, 0.2) is 48.5 Å². The minimum atomic E-state index is -3.71. The van der Waals surface area contributed by atoms with Gasteiger partial charge in [-0.1, -0.05) is 48.0 Å². The summed E-state index contributed by atoms with van der Waals surface area (Å²) >= 11 is 7.92. The van der Waals surface area contributed by atoms with Crippen LogP contribution in [0.2, 0.25) is 5.02 Å². The van der Waals surface area contributed by atoms with E-state index in [0.717, 1.165) is 22.6 Å². The third kappa shape index (κ3) is 8.80. The molecule has 0 bridgehead atoms. The van der Waals surface area contributed by atoms with E-state index in [1.165, 1.54) is 4.90 Å². The SMILES string of the molecule is NCc1ccc(Cl)cc1CCC(=O)[C@@H]1CCCN1C(=O)[C@@H](CC(=O)N1CCSCC1)CS(=O)(=O)Cc1ccccc1. The number of nitrogens with two attached hydrogens (primary N) is 1. The number of rotatable bonds is 12. The molecular weight excluding hydrogens is 582 g/mol. The number of Topliss-reactive ketones (excluding diaryl/α,β-unsaturated/α-hetero) is 1. The lowest BCUT2D eigenvalue weighted by atomic mass is 9.97. The fraction of sp³-hybridized carbons (Fsp3) is 0.500. The maximum Gasteiger partial charge on any atom is 0.227 e. The second-order valence-electron chi connectivity index (χ2n) is 10.7. The zero-order valence-electron chi connectivity index (χ0n) is 23.2. The van der Waals surface area contributed by atoms with E-state index in [1.807, 2.05) is 18.2 Å². The van der Waals surface area contributed by atoms with Crippen LogP contribution in [0.1, 0.15) is 42.4 Å². The Hall–Kier alpha value is -2.40. The minimum Gasteiger partial charge on any atom is -0.341 e. The van der Waals surface area contributed by atoms with Crippen molar-refractivity contribution >= 4 is 50.8 Å². The summed E-state index contributed by atoms with van der Waals surface area (Å²) in [6.07, 6.45) is 1.64. The lowest BCUT2D eigenvalue weighted by molar-refractivity contribution is -0.143. The predicted octanol–water partition coefficient (Wildman–Crippen LogP) is 3.49. The van der Waals surface area contributed by atoms with Gasteiger partial charge in [-0.25, -0.2) is 8.42 Å². The smallest absolute Gasteiger partial charge is 0.227 e. The quantitative estimate of drug-likeness (QED) is 0.386. The summed E-state index contributed by atoms with van der Waals surface area (Å²) in [5, 5.41) is 0.568. The number of carbonyl (C=O) groups is 3. The first-order chi connectivity index (χ1) is 19.7. The van der Waals surface area contributed by atoms with E-state index in [-0.39, 0.29) is 30.3 Å². The van der Waals surface area contributed by atoms with Gasteiger partial charge in [0.1, 0.15) is 0 Å². The number of hydrogen-bond donors (Lipinski definition) is 1. The van der Waals surface area contributed by atoms with Crippen LogP contribution in [0.25, 0.3) is 0 Å². The molecule has 2 atom stereocenters. The van der Waals surface area contributed by atoms with Gasteiger partial charge in [-0.15, -0.1) is 0 Å². The van der Waals surface area contributed by atoms with Crippen molar-refractivity contribution in [1.29, 1.82) is 0 Å². The normalized spacial score (nSPS) is 18.3. The summed E-state index contributed by atoms with van der Waals surface area (Å²) in [5.41, 5.74) is 8.30. The van der Waals surface area contributed by atoms with Gasteiger partial charge in [-0.3, -0.25) is 14.4 Å². The molecule has 0 radical (unpaired) electrons. The predicted molar refractivity (Wildman–Crippen MR) is 163 cm³/mol. The van der Waals surface area contributed by atoms with Gasteiger partial charge in [-0.05, 0) is 48.1 Å². The van der Waals surface area contributed by atoms with Crippen molar-refractivity contribution in [2.24, 2.45) is 11.7 Å². The van der Waals surface area contributed by atoms with E-state index in [1.54, 1.807) is 47.0 Å². The Morgan fingerprint density at radius 3 is 2.46 bits per heavy atom. The highest BCUT2D eigenvalue weighted by molar-refractivity contribution is 7.99. The summed E-state index contributed by atoms with van der Waals surface area (Å²) in [6, 6.07) is 13.6. The summed E-state index contributed by atoms with van der Waals surface area (Å²) in [6.45, 7) is 1.86. The Morgan fingerprint density at radius 2 is 1.76 bits per heavy atom. The molecule has 2 N–H and O–H groups in total. The van der Waals surface area contributed by atoms with Crippen LogP contribution in [0.4, 0.5) is 0 Å². The molecule has 2 fully saturated rings. The van der Waals surface area contributed by atoms with Crippen molar-refractivity contribution in [2.45, 2.75) is 50.4 Å². The second-order valence-corrected chi connectivity index (χ2v) is 14.5. The van der Waals surface area contributed by atoms with Crippen LogP contribution < -0.4 is 5.73 Å². The zero-order chi connectivity index (χ0) is 29.4. The van der Waals surface area contributed by atoms with E-state index in [0.29, 0.717) is 56.0 Å². The van der Waals surface area contributed by atoms with Crippen molar-refractivity contribution < 1.29 is 22.8 Å². The maximum absolute atomic E-state index is 13.9. The van der Waals surface area contributed by atoms with Gasteiger partial charge in [-0.2, -0.15) is 11.8 Å². The molecule has 41 heavy (non-hydrogen) atoms. The minimum absolute atomic E-state index is 0.0796. The molecule has 4 rings (SSSR count). The number of amides is 2. The summed E-state index contributed by atoms with van der Waals surface area (Å²) in [7, 11) is -3.71. The van der Waals surface area contributed by atoms with E-state index in [2.05, 4.69) is 0 Å². The van der Waals surface area contributed by atoms with Crippen LogP contribution >= 0.6 is 23.4 Å². The van der Waals surface area contributed by atoms with Gasteiger partial charge in [0, 0.05) is 55.5 Å². The van der Waals surface area contributed by atoms with Crippen LogP contribution in [-0.4, -0.2) is 78.7 Å². The number of hydrogen-bond acceptors (Lipinski definition) is 7. The molecule has 0 saturated carbocycles. The van der Waals surface area contributed by atoms with E-state index in [4.69, 9.17) is 17.3 Å². The number of nitrogens with zero attached hydrogens (tertiary/aromatic N) is 2. The Labute approximate surface area is 251 Å². The Kier molecular flexibility index (Phi) is 11.3. The molecule has 0 aliphatic carbocycles. The maximum atomic E-state index is 13.9. The van der Waals surface area contributed by atoms with Crippen LogP contribution in [0.5, 0.6) is 0 Å². The summed E-state index contributed by atoms with van der Waals surface area (Å²) < 4.78 is 26.5. The molecule has 2 aromatic carbocycles. The molecule has 2 heterocycles. The second kappa shape index (κ2) is 14.7. The van der Waals surface area contributed by atoms with Crippen molar-refractivity contribution in [2.75, 3.05) is 36.9 Å². The fourth-order valence-electron chi connectivity index (χ4n) is 5.61. The lowest BCUT2D eigenvalue weighted by Gasteiger charge is -2.31.